The lowest BCUT2D eigenvalue weighted by molar-refractivity contribution is -0.132. The molecule has 0 N–H and O–H groups in total. The molecule has 0 unspecified atom stereocenters. The third-order valence-electron chi connectivity index (χ3n) is 4.55. The van der Waals surface area contributed by atoms with Crippen molar-refractivity contribution in [3.05, 3.63) is 24.3 Å². The molecule has 0 aliphatic carbocycles. The predicted octanol–water partition coefficient (Wildman–Crippen LogP) is 2.07. The first-order valence-corrected chi connectivity index (χ1v) is 8.38. The summed E-state index contributed by atoms with van der Waals surface area (Å²) in [6.45, 7) is 8.22. The summed E-state index contributed by atoms with van der Waals surface area (Å²) >= 11 is 0. The van der Waals surface area contributed by atoms with Crippen molar-refractivity contribution in [2.75, 3.05) is 51.8 Å². The first kappa shape index (κ1) is 17.6. The largest absolute Gasteiger partial charge is 0.497 e. The van der Waals surface area contributed by atoms with Crippen LogP contribution in [0.25, 0.3) is 0 Å². The molecule has 0 radical (unpaired) electrons. The van der Waals surface area contributed by atoms with Gasteiger partial charge in [0.15, 0.2) is 0 Å². The molecule has 1 aromatic rings. The van der Waals surface area contributed by atoms with E-state index >= 15 is 0 Å². The molecule has 0 saturated carbocycles. The number of benzene rings is 1. The molecule has 23 heavy (non-hydrogen) atoms. The minimum atomic E-state index is 0.234. The number of amides is 1. The highest BCUT2D eigenvalue weighted by Crippen LogP contribution is 2.20. The smallest absolute Gasteiger partial charge is 0.236 e. The van der Waals surface area contributed by atoms with Gasteiger partial charge in [-0.15, -0.1) is 0 Å². The molecule has 2 rings (SSSR count). The lowest BCUT2D eigenvalue weighted by Crippen LogP contribution is -2.42. The fourth-order valence-electron chi connectivity index (χ4n) is 2.71. The number of anilines is 1. The van der Waals surface area contributed by atoms with E-state index in [0.29, 0.717) is 12.6 Å². The molecule has 0 spiro atoms. The van der Waals surface area contributed by atoms with Crippen molar-refractivity contribution in [2.24, 2.45) is 0 Å². The molecule has 1 fully saturated rings. The number of hydrogen-bond acceptors (Lipinski definition) is 4. The van der Waals surface area contributed by atoms with Gasteiger partial charge in [0.05, 0.1) is 13.7 Å². The van der Waals surface area contributed by atoms with E-state index in [1.807, 2.05) is 24.1 Å². The van der Waals surface area contributed by atoms with Crippen molar-refractivity contribution < 1.29 is 9.53 Å². The Morgan fingerprint density at radius 2 is 1.87 bits per heavy atom. The van der Waals surface area contributed by atoms with Gasteiger partial charge in [-0.25, -0.2) is 0 Å². The summed E-state index contributed by atoms with van der Waals surface area (Å²) in [6, 6.07) is 8.54. The van der Waals surface area contributed by atoms with Crippen LogP contribution in [0.15, 0.2) is 24.3 Å². The Labute approximate surface area is 139 Å². The average Bonchev–Trinajstić information content (AvgIpc) is 2.81. The maximum Gasteiger partial charge on any atom is 0.236 e. The highest BCUT2D eigenvalue weighted by atomic mass is 16.5. The maximum atomic E-state index is 12.4. The number of methoxy groups -OCH3 is 1. The van der Waals surface area contributed by atoms with Gasteiger partial charge in [0.25, 0.3) is 0 Å². The van der Waals surface area contributed by atoms with E-state index in [4.69, 9.17) is 4.74 Å². The van der Waals surface area contributed by atoms with Crippen LogP contribution in [-0.4, -0.2) is 68.6 Å². The second-order valence-electron chi connectivity index (χ2n) is 6.43. The Kier molecular flexibility index (Phi) is 6.28. The van der Waals surface area contributed by atoms with Gasteiger partial charge in [0.2, 0.25) is 5.91 Å². The minimum absolute atomic E-state index is 0.234. The molecular weight excluding hydrogens is 290 g/mol. The van der Waals surface area contributed by atoms with Crippen molar-refractivity contribution in [1.29, 1.82) is 0 Å². The summed E-state index contributed by atoms with van der Waals surface area (Å²) in [4.78, 5) is 18.9. The molecule has 0 atom stereocenters. The zero-order valence-corrected chi connectivity index (χ0v) is 14.8. The van der Waals surface area contributed by atoms with Gasteiger partial charge in [0.1, 0.15) is 5.75 Å². The Bertz CT molecular complexity index is 501. The number of carbonyl (C=O) groups excluding carboxylic acids is 1. The van der Waals surface area contributed by atoms with Crippen LogP contribution in [0.5, 0.6) is 5.75 Å². The Morgan fingerprint density at radius 3 is 2.48 bits per heavy atom. The number of ether oxygens (including phenoxy) is 1. The Balaban J connectivity index is 1.92. The van der Waals surface area contributed by atoms with E-state index in [2.05, 4.69) is 35.8 Å². The van der Waals surface area contributed by atoms with Crippen molar-refractivity contribution in [3.8, 4) is 5.75 Å². The number of rotatable bonds is 5. The molecule has 128 valence electrons. The number of hydrogen-bond donors (Lipinski definition) is 0. The molecule has 5 nitrogen and oxygen atoms in total. The van der Waals surface area contributed by atoms with Crippen molar-refractivity contribution >= 4 is 11.6 Å². The molecule has 0 aromatic heterocycles. The summed E-state index contributed by atoms with van der Waals surface area (Å²) in [6.07, 6.45) is 1.00. The van der Waals surface area contributed by atoms with Crippen LogP contribution in [0.3, 0.4) is 0 Å². The molecule has 0 bridgehead atoms. The molecule has 1 amide bonds. The molecule has 1 aromatic carbocycles. The predicted molar refractivity (Wildman–Crippen MR) is 94.2 cm³/mol. The van der Waals surface area contributed by atoms with E-state index in [1.165, 1.54) is 5.69 Å². The van der Waals surface area contributed by atoms with Crippen LogP contribution in [0.1, 0.15) is 20.3 Å². The van der Waals surface area contributed by atoms with Gasteiger partial charge < -0.3 is 14.5 Å². The first-order chi connectivity index (χ1) is 11.0. The zero-order valence-electron chi connectivity index (χ0n) is 14.8. The second-order valence-corrected chi connectivity index (χ2v) is 6.43. The average molecular weight is 319 g/mol. The van der Waals surface area contributed by atoms with Crippen LogP contribution in [0, 0.1) is 0 Å². The third kappa shape index (κ3) is 4.86. The van der Waals surface area contributed by atoms with Gasteiger partial charge in [0, 0.05) is 37.9 Å². The molecule has 1 saturated heterocycles. The van der Waals surface area contributed by atoms with Crippen LogP contribution in [-0.2, 0) is 4.79 Å². The summed E-state index contributed by atoms with van der Waals surface area (Å²) in [5.41, 5.74) is 1.19. The van der Waals surface area contributed by atoms with Crippen LogP contribution >= 0.6 is 0 Å². The van der Waals surface area contributed by atoms with Crippen molar-refractivity contribution in [3.63, 3.8) is 0 Å². The minimum Gasteiger partial charge on any atom is -0.497 e. The quantitative estimate of drug-likeness (QED) is 0.832. The van der Waals surface area contributed by atoms with Gasteiger partial charge in [-0.05, 0) is 51.6 Å². The molecule has 1 aliphatic heterocycles. The lowest BCUT2D eigenvalue weighted by Gasteiger charge is -2.26. The second kappa shape index (κ2) is 8.20. The molecular formula is C18H29N3O2. The van der Waals surface area contributed by atoms with E-state index in [9.17, 15) is 4.79 Å². The topological polar surface area (TPSA) is 36.0 Å². The monoisotopic (exact) mass is 319 g/mol. The fourth-order valence-corrected chi connectivity index (χ4v) is 2.71. The summed E-state index contributed by atoms with van der Waals surface area (Å²) in [7, 11) is 3.68. The van der Waals surface area contributed by atoms with Gasteiger partial charge >= 0.3 is 0 Å². The fraction of sp³-hybridized carbons (Fsp3) is 0.611. The maximum absolute atomic E-state index is 12.4. The third-order valence-corrected chi connectivity index (χ3v) is 4.55. The highest BCUT2D eigenvalue weighted by Gasteiger charge is 2.20. The van der Waals surface area contributed by atoms with Crippen LogP contribution < -0.4 is 9.64 Å². The lowest BCUT2D eigenvalue weighted by atomic mass is 10.2. The number of carbonyl (C=O) groups is 1. The zero-order chi connectivity index (χ0) is 16.8. The highest BCUT2D eigenvalue weighted by molar-refractivity contribution is 5.78. The van der Waals surface area contributed by atoms with Crippen LogP contribution in [0.2, 0.25) is 0 Å². The van der Waals surface area contributed by atoms with Crippen LogP contribution in [0.4, 0.5) is 5.69 Å². The van der Waals surface area contributed by atoms with E-state index < -0.39 is 0 Å². The summed E-state index contributed by atoms with van der Waals surface area (Å²) in [5, 5.41) is 0. The van der Waals surface area contributed by atoms with Crippen molar-refractivity contribution in [2.45, 2.75) is 26.3 Å². The van der Waals surface area contributed by atoms with E-state index in [1.54, 1.807) is 7.11 Å². The molecule has 1 aliphatic rings. The normalized spacial score (nSPS) is 15.9. The summed E-state index contributed by atoms with van der Waals surface area (Å²) in [5.74, 6) is 1.11. The Hall–Kier alpha value is -1.75. The van der Waals surface area contributed by atoms with Crippen molar-refractivity contribution in [1.82, 2.24) is 9.80 Å². The van der Waals surface area contributed by atoms with E-state index in [-0.39, 0.29) is 5.91 Å². The molecule has 1 heterocycles. The first-order valence-electron chi connectivity index (χ1n) is 8.38. The summed E-state index contributed by atoms with van der Waals surface area (Å²) < 4.78 is 5.21. The van der Waals surface area contributed by atoms with Gasteiger partial charge in [-0.1, -0.05) is 0 Å². The molecule has 5 heteroatoms. The van der Waals surface area contributed by atoms with E-state index in [0.717, 1.165) is 38.3 Å². The number of nitrogens with zero attached hydrogens (tertiary/aromatic N) is 3. The Morgan fingerprint density at radius 1 is 1.17 bits per heavy atom. The number of likely N-dealkylation sites (N-methyl/N-ethyl adjacent to an activating group) is 1. The standard InChI is InChI=1S/C18H29N3O2/c1-15(2)19(3)14-18(22)21-11-5-10-20(12-13-21)16-6-8-17(23-4)9-7-16/h6-9,15H,5,10-14H2,1-4H3. The van der Waals surface area contributed by atoms with Gasteiger partial charge in [-0.2, -0.15) is 0 Å². The van der Waals surface area contributed by atoms with Gasteiger partial charge in [-0.3, -0.25) is 9.69 Å². The SMILES string of the molecule is COc1ccc(N2CCCN(C(=O)CN(C)C(C)C)CC2)cc1.